The number of hydrogen-bond donors (Lipinski definition) is 1. The maximum atomic E-state index is 15.2. The van der Waals surface area contributed by atoms with E-state index >= 15 is 4.39 Å². The number of aromatic nitrogens is 4. The van der Waals surface area contributed by atoms with Crippen LogP contribution in [-0.2, 0) is 11.8 Å². The van der Waals surface area contributed by atoms with E-state index in [1.165, 1.54) is 12.3 Å². The highest BCUT2D eigenvalue weighted by atomic mass is 19.1. The summed E-state index contributed by atoms with van der Waals surface area (Å²) in [7, 11) is 7.25. The summed E-state index contributed by atoms with van der Waals surface area (Å²) in [5.41, 5.74) is 2.88. The number of carbonyl (C=O) groups excluding carboxylic acids is 1. The topological polar surface area (TPSA) is 94.3 Å². The van der Waals surface area contributed by atoms with E-state index in [2.05, 4.69) is 15.3 Å². The molecule has 3 heterocycles. The number of methoxy groups -OCH3 is 1. The molecular weight excluding hydrogens is 463 g/mol. The van der Waals surface area contributed by atoms with E-state index < -0.39 is 5.82 Å². The number of likely N-dealkylation sites (N-methyl/N-ethyl adjacent to an activating group) is 1. The molecule has 0 saturated heterocycles. The number of benzene rings is 1. The summed E-state index contributed by atoms with van der Waals surface area (Å²) in [6.45, 7) is 1.22. The van der Waals surface area contributed by atoms with Gasteiger partial charge in [0.1, 0.15) is 11.5 Å². The number of hydrogen-bond acceptors (Lipinski definition) is 6. The summed E-state index contributed by atoms with van der Waals surface area (Å²) >= 11 is 0. The monoisotopic (exact) mass is 492 g/mol. The normalized spacial score (nSPS) is 17.6. The lowest BCUT2D eigenvalue weighted by Crippen LogP contribution is -2.37. The van der Waals surface area contributed by atoms with Crippen molar-refractivity contribution in [1.82, 2.24) is 29.3 Å². The summed E-state index contributed by atoms with van der Waals surface area (Å²) in [5, 5.41) is 3.51. The molecule has 0 atom stereocenters. The first-order valence-corrected chi connectivity index (χ1v) is 11.9. The van der Waals surface area contributed by atoms with E-state index in [1.54, 1.807) is 47.7 Å². The predicted molar refractivity (Wildman–Crippen MR) is 136 cm³/mol. The van der Waals surface area contributed by atoms with Gasteiger partial charge in [-0.25, -0.2) is 9.18 Å². The summed E-state index contributed by atoms with van der Waals surface area (Å²) in [5.74, 6) is -0.733. The summed E-state index contributed by atoms with van der Waals surface area (Å²) in [4.78, 5) is 36.1. The second kappa shape index (κ2) is 9.44. The predicted octanol–water partition coefficient (Wildman–Crippen LogP) is 2.73. The van der Waals surface area contributed by atoms with E-state index in [-0.39, 0.29) is 29.4 Å². The van der Waals surface area contributed by atoms with Crippen LogP contribution in [0.15, 0.2) is 41.5 Å². The molecule has 0 spiro atoms. The van der Waals surface area contributed by atoms with E-state index in [0.29, 0.717) is 40.6 Å². The van der Waals surface area contributed by atoms with E-state index in [1.807, 2.05) is 19.0 Å². The minimum absolute atomic E-state index is 0.0113. The van der Waals surface area contributed by atoms with Crippen molar-refractivity contribution in [1.29, 1.82) is 0 Å². The maximum Gasteiger partial charge on any atom is 0.329 e. The molecule has 4 aromatic rings. The minimum Gasteiger partial charge on any atom is -0.381 e. The second-order valence-corrected chi connectivity index (χ2v) is 9.53. The van der Waals surface area contributed by atoms with Crippen molar-refractivity contribution in [3.8, 4) is 11.1 Å². The van der Waals surface area contributed by atoms with Crippen LogP contribution in [0.3, 0.4) is 0 Å². The lowest BCUT2D eigenvalue weighted by Gasteiger charge is -2.34. The fourth-order valence-corrected chi connectivity index (χ4v) is 4.72. The summed E-state index contributed by atoms with van der Waals surface area (Å²) in [6, 6.07) is 6.37. The lowest BCUT2D eigenvalue weighted by atomic mass is 9.89. The standard InChI is InChI=1S/C26H29FN6O3/c1-31(2)8-7-28-25(34)21-6-5-15(13-29-21)18-11-19-22(12-20(18)27)30-14-23-24(19)33(26(35)32(23)3)16-9-17(10-16)36-4/h5-6,11-14,16-17H,7-10H2,1-4H3,(H,28,34). The van der Waals surface area contributed by atoms with Gasteiger partial charge in [0.15, 0.2) is 0 Å². The van der Waals surface area contributed by atoms with Crippen LogP contribution >= 0.6 is 0 Å². The first kappa shape index (κ1) is 24.1. The van der Waals surface area contributed by atoms with Crippen LogP contribution in [0.4, 0.5) is 4.39 Å². The third kappa shape index (κ3) is 4.16. The van der Waals surface area contributed by atoms with Crippen LogP contribution in [0.25, 0.3) is 33.1 Å². The summed E-state index contributed by atoms with van der Waals surface area (Å²) < 4.78 is 24.0. The largest absolute Gasteiger partial charge is 0.381 e. The molecule has 1 aliphatic rings. The molecule has 1 N–H and O–H groups in total. The van der Waals surface area contributed by atoms with Gasteiger partial charge in [0, 0.05) is 62.1 Å². The van der Waals surface area contributed by atoms with Gasteiger partial charge in [-0.05, 0) is 39.1 Å². The van der Waals surface area contributed by atoms with Crippen LogP contribution in [0.5, 0.6) is 0 Å². The molecule has 3 aromatic heterocycles. The van der Waals surface area contributed by atoms with Gasteiger partial charge in [-0.3, -0.25) is 23.9 Å². The van der Waals surface area contributed by atoms with Crippen LogP contribution in [-0.4, -0.2) is 70.3 Å². The van der Waals surface area contributed by atoms with Gasteiger partial charge in [-0.15, -0.1) is 0 Å². The molecule has 0 unspecified atom stereocenters. The lowest BCUT2D eigenvalue weighted by molar-refractivity contribution is 0.00635. The smallest absolute Gasteiger partial charge is 0.329 e. The number of pyridine rings is 2. The van der Waals surface area contributed by atoms with E-state index in [9.17, 15) is 9.59 Å². The first-order valence-electron chi connectivity index (χ1n) is 11.9. The Hall–Kier alpha value is -3.63. The Kier molecular flexibility index (Phi) is 6.31. The average Bonchev–Trinajstić information content (AvgIpc) is 3.08. The molecule has 1 aliphatic carbocycles. The average molecular weight is 493 g/mol. The molecule has 1 saturated carbocycles. The molecular formula is C26H29FN6O3. The number of rotatable bonds is 7. The number of halogens is 1. The molecule has 0 aliphatic heterocycles. The Labute approximate surface area is 207 Å². The maximum absolute atomic E-state index is 15.2. The number of amides is 1. The Morgan fingerprint density at radius 2 is 2.00 bits per heavy atom. The quantitative estimate of drug-likeness (QED) is 0.426. The number of nitrogens with zero attached hydrogens (tertiary/aromatic N) is 5. The highest BCUT2D eigenvalue weighted by Gasteiger charge is 2.34. The highest BCUT2D eigenvalue weighted by Crippen LogP contribution is 2.38. The number of imidazole rings is 1. The molecule has 188 valence electrons. The zero-order valence-electron chi connectivity index (χ0n) is 20.8. The second-order valence-electron chi connectivity index (χ2n) is 9.53. The Balaban J connectivity index is 1.54. The van der Waals surface area contributed by atoms with Crippen molar-refractivity contribution in [2.24, 2.45) is 7.05 Å². The third-order valence-electron chi connectivity index (χ3n) is 6.92. The Morgan fingerprint density at radius 3 is 2.67 bits per heavy atom. The van der Waals surface area contributed by atoms with Crippen LogP contribution in [0.2, 0.25) is 0 Å². The van der Waals surface area contributed by atoms with Gasteiger partial charge < -0.3 is 15.0 Å². The first-order chi connectivity index (χ1) is 17.3. The van der Waals surface area contributed by atoms with Crippen LogP contribution in [0.1, 0.15) is 29.4 Å². The minimum atomic E-state index is -0.452. The van der Waals surface area contributed by atoms with Crippen molar-refractivity contribution >= 4 is 27.8 Å². The number of fused-ring (bicyclic) bond motifs is 3. The Morgan fingerprint density at radius 1 is 1.22 bits per heavy atom. The molecule has 9 nitrogen and oxygen atoms in total. The molecule has 10 heteroatoms. The van der Waals surface area contributed by atoms with Gasteiger partial charge in [0.05, 0.1) is 28.9 Å². The van der Waals surface area contributed by atoms with Gasteiger partial charge in [0.25, 0.3) is 5.91 Å². The fourth-order valence-electron chi connectivity index (χ4n) is 4.72. The van der Waals surface area contributed by atoms with Crippen LogP contribution < -0.4 is 11.0 Å². The molecule has 0 bridgehead atoms. The number of aryl methyl sites for hydroxylation is 1. The molecule has 1 fully saturated rings. The highest BCUT2D eigenvalue weighted by molar-refractivity contribution is 6.04. The number of ether oxygens (including phenoxy) is 1. The molecule has 1 amide bonds. The van der Waals surface area contributed by atoms with Crippen molar-refractivity contribution in [2.75, 3.05) is 34.3 Å². The molecule has 5 rings (SSSR count). The molecule has 1 aromatic carbocycles. The van der Waals surface area contributed by atoms with Gasteiger partial charge in [-0.1, -0.05) is 6.07 Å². The van der Waals surface area contributed by atoms with Crippen molar-refractivity contribution in [3.05, 3.63) is 58.7 Å². The molecule has 0 radical (unpaired) electrons. The van der Waals surface area contributed by atoms with Gasteiger partial charge >= 0.3 is 5.69 Å². The number of nitrogens with one attached hydrogen (secondary N) is 1. The number of carbonyl (C=O) groups is 1. The molecule has 36 heavy (non-hydrogen) atoms. The zero-order valence-corrected chi connectivity index (χ0v) is 20.8. The van der Waals surface area contributed by atoms with Gasteiger partial charge in [-0.2, -0.15) is 0 Å². The third-order valence-corrected chi connectivity index (χ3v) is 6.92. The Bertz CT molecular complexity index is 1500. The fraction of sp³-hybridized carbons (Fsp3) is 0.385. The van der Waals surface area contributed by atoms with Gasteiger partial charge in [0.2, 0.25) is 0 Å². The van der Waals surface area contributed by atoms with Crippen molar-refractivity contribution in [2.45, 2.75) is 25.0 Å². The van der Waals surface area contributed by atoms with Crippen molar-refractivity contribution < 1.29 is 13.9 Å². The van der Waals surface area contributed by atoms with E-state index in [0.717, 1.165) is 18.4 Å². The zero-order chi connectivity index (χ0) is 25.6. The van der Waals surface area contributed by atoms with E-state index in [4.69, 9.17) is 4.74 Å². The van der Waals surface area contributed by atoms with Crippen molar-refractivity contribution in [3.63, 3.8) is 0 Å². The summed E-state index contributed by atoms with van der Waals surface area (Å²) in [6.07, 6.45) is 4.73. The van der Waals surface area contributed by atoms with Crippen LogP contribution in [0, 0.1) is 5.82 Å². The SMILES string of the molecule is COC1CC(n2c(=O)n(C)c3cnc4cc(F)c(-c5ccc(C(=O)NCCN(C)C)nc5)cc4c32)C1.